The van der Waals surface area contributed by atoms with Crippen molar-refractivity contribution in [2.24, 2.45) is 0 Å². The van der Waals surface area contributed by atoms with Crippen molar-refractivity contribution in [3.63, 3.8) is 0 Å². The molecule has 0 spiro atoms. The number of hydrogen-bond acceptors (Lipinski definition) is 5. The molecule has 0 radical (unpaired) electrons. The van der Waals surface area contributed by atoms with E-state index in [1.165, 1.54) is 11.9 Å². The number of rotatable bonds is 8. The molecule has 1 aliphatic rings. The minimum Gasteiger partial charge on any atom is -0.490 e. The summed E-state index contributed by atoms with van der Waals surface area (Å²) in [5.41, 5.74) is 2.78. The molecule has 166 valence electrons. The molecular formula is C26H30N4O2. The van der Waals surface area contributed by atoms with Crippen LogP contribution in [0.4, 0.5) is 0 Å². The van der Waals surface area contributed by atoms with E-state index in [1.807, 2.05) is 31.2 Å². The molecule has 1 saturated heterocycles. The normalized spacial score (nSPS) is 15.8. The first-order chi connectivity index (χ1) is 15.7. The van der Waals surface area contributed by atoms with Gasteiger partial charge in [0, 0.05) is 31.4 Å². The smallest absolute Gasteiger partial charge is 0.251 e. The van der Waals surface area contributed by atoms with Gasteiger partial charge < -0.3 is 15.0 Å². The Morgan fingerprint density at radius 2 is 1.84 bits per heavy atom. The Morgan fingerprint density at radius 1 is 1.09 bits per heavy atom. The molecule has 6 heteroatoms. The molecule has 0 aliphatic carbocycles. The summed E-state index contributed by atoms with van der Waals surface area (Å²) >= 11 is 0. The Balaban J connectivity index is 1.21. The topological polar surface area (TPSA) is 67.3 Å². The van der Waals surface area contributed by atoms with Crippen molar-refractivity contribution in [2.75, 3.05) is 19.6 Å². The van der Waals surface area contributed by atoms with Gasteiger partial charge in [-0.05, 0) is 62.1 Å². The first-order valence-electron chi connectivity index (χ1n) is 11.3. The second-order valence-corrected chi connectivity index (χ2v) is 8.25. The number of aromatic nitrogens is 2. The fraction of sp³-hybridized carbons (Fsp3) is 0.346. The minimum absolute atomic E-state index is 0.130. The van der Waals surface area contributed by atoms with E-state index in [9.17, 15) is 4.79 Å². The van der Waals surface area contributed by atoms with Crippen LogP contribution in [0.25, 0.3) is 0 Å². The maximum Gasteiger partial charge on any atom is 0.251 e. The predicted octanol–water partition coefficient (Wildman–Crippen LogP) is 4.05. The van der Waals surface area contributed by atoms with Crippen LogP contribution in [-0.4, -0.2) is 46.5 Å². The highest BCUT2D eigenvalue weighted by Crippen LogP contribution is 2.20. The van der Waals surface area contributed by atoms with E-state index in [-0.39, 0.29) is 18.1 Å². The van der Waals surface area contributed by atoms with E-state index in [4.69, 9.17) is 4.74 Å². The van der Waals surface area contributed by atoms with E-state index >= 15 is 0 Å². The van der Waals surface area contributed by atoms with Gasteiger partial charge in [-0.1, -0.05) is 30.3 Å². The van der Waals surface area contributed by atoms with Crippen LogP contribution in [0.3, 0.4) is 0 Å². The van der Waals surface area contributed by atoms with Crippen molar-refractivity contribution >= 4 is 5.91 Å². The molecule has 1 aliphatic heterocycles. The van der Waals surface area contributed by atoms with Crippen molar-refractivity contribution in [1.82, 2.24) is 20.2 Å². The Bertz CT molecular complexity index is 972. The molecule has 1 N–H and O–H groups in total. The summed E-state index contributed by atoms with van der Waals surface area (Å²) in [7, 11) is 0. The van der Waals surface area contributed by atoms with Crippen LogP contribution >= 0.6 is 0 Å². The standard InChI is InChI=1S/C26H30N4O2/c1-20(25-11-15-27-19-28-25)29-26(31)22-7-9-23(10-8-22)32-24-13-17-30(18-14-24)16-12-21-5-3-2-4-6-21/h2-11,15,19-20,24H,12-14,16-18H2,1H3,(H,29,31)/t20-/m1/s1. The molecule has 3 aromatic rings. The molecule has 2 heterocycles. The summed E-state index contributed by atoms with van der Waals surface area (Å²) < 4.78 is 6.18. The van der Waals surface area contributed by atoms with E-state index < -0.39 is 0 Å². The summed E-state index contributed by atoms with van der Waals surface area (Å²) in [5, 5.41) is 2.97. The molecule has 1 atom stereocenters. The Kier molecular flexibility index (Phi) is 7.46. The van der Waals surface area contributed by atoms with Gasteiger partial charge in [-0.2, -0.15) is 0 Å². The number of nitrogens with zero attached hydrogens (tertiary/aromatic N) is 3. The molecule has 0 unspecified atom stereocenters. The second-order valence-electron chi connectivity index (χ2n) is 8.25. The van der Waals surface area contributed by atoms with Gasteiger partial charge in [0.05, 0.1) is 11.7 Å². The maximum absolute atomic E-state index is 12.5. The number of piperidine rings is 1. The first kappa shape index (κ1) is 22.0. The lowest BCUT2D eigenvalue weighted by atomic mass is 10.1. The second kappa shape index (κ2) is 10.9. The van der Waals surface area contributed by atoms with Gasteiger partial charge in [0.1, 0.15) is 18.2 Å². The average Bonchev–Trinajstić information content (AvgIpc) is 2.85. The zero-order chi connectivity index (χ0) is 22.2. The summed E-state index contributed by atoms with van der Waals surface area (Å²) in [6.07, 6.45) is 6.51. The molecule has 6 nitrogen and oxygen atoms in total. The molecule has 4 rings (SSSR count). The molecule has 1 aromatic heterocycles. The van der Waals surface area contributed by atoms with E-state index in [0.717, 1.165) is 50.3 Å². The van der Waals surface area contributed by atoms with E-state index in [0.29, 0.717) is 5.56 Å². The third kappa shape index (κ3) is 6.14. The molecule has 0 saturated carbocycles. The van der Waals surface area contributed by atoms with Crippen molar-refractivity contribution in [3.05, 3.63) is 90.0 Å². The van der Waals surface area contributed by atoms with Crippen LogP contribution in [0.1, 0.15) is 47.4 Å². The van der Waals surface area contributed by atoms with Gasteiger partial charge >= 0.3 is 0 Å². The van der Waals surface area contributed by atoms with Crippen LogP contribution in [0.15, 0.2) is 73.2 Å². The Morgan fingerprint density at radius 3 is 2.53 bits per heavy atom. The highest BCUT2D eigenvalue weighted by molar-refractivity contribution is 5.94. The van der Waals surface area contributed by atoms with Crippen LogP contribution < -0.4 is 10.1 Å². The van der Waals surface area contributed by atoms with Gasteiger partial charge in [0.2, 0.25) is 0 Å². The summed E-state index contributed by atoms with van der Waals surface area (Å²) in [6.45, 7) is 5.11. The summed E-state index contributed by atoms with van der Waals surface area (Å²) in [5.74, 6) is 0.683. The zero-order valence-corrected chi connectivity index (χ0v) is 18.5. The number of hydrogen-bond donors (Lipinski definition) is 1. The number of carbonyl (C=O) groups excluding carboxylic acids is 1. The molecule has 1 fully saturated rings. The van der Waals surface area contributed by atoms with Crippen LogP contribution in [0.2, 0.25) is 0 Å². The van der Waals surface area contributed by atoms with E-state index in [2.05, 4.69) is 50.5 Å². The van der Waals surface area contributed by atoms with E-state index in [1.54, 1.807) is 12.3 Å². The molecule has 32 heavy (non-hydrogen) atoms. The summed E-state index contributed by atoms with van der Waals surface area (Å²) in [6, 6.07) is 19.6. The largest absolute Gasteiger partial charge is 0.490 e. The van der Waals surface area contributed by atoms with Gasteiger partial charge in [-0.25, -0.2) is 9.97 Å². The fourth-order valence-electron chi connectivity index (χ4n) is 3.97. The molecule has 1 amide bonds. The lowest BCUT2D eigenvalue weighted by Gasteiger charge is -2.32. The number of nitrogens with one attached hydrogen (secondary N) is 1. The number of carbonyl (C=O) groups is 1. The van der Waals surface area contributed by atoms with Crippen LogP contribution in [0, 0.1) is 0 Å². The van der Waals surface area contributed by atoms with Crippen molar-refractivity contribution in [2.45, 2.75) is 38.3 Å². The minimum atomic E-state index is -0.187. The monoisotopic (exact) mass is 430 g/mol. The number of benzene rings is 2. The zero-order valence-electron chi connectivity index (χ0n) is 18.5. The SMILES string of the molecule is C[C@@H](NC(=O)c1ccc(OC2CCN(CCc3ccccc3)CC2)cc1)c1ccncn1. The molecular weight excluding hydrogens is 400 g/mol. The quantitative estimate of drug-likeness (QED) is 0.584. The maximum atomic E-state index is 12.5. The van der Waals surface area contributed by atoms with Crippen molar-refractivity contribution in [1.29, 1.82) is 0 Å². The van der Waals surface area contributed by atoms with Gasteiger partial charge in [0.15, 0.2) is 0 Å². The highest BCUT2D eigenvalue weighted by atomic mass is 16.5. The lowest BCUT2D eigenvalue weighted by Crippen LogP contribution is -2.39. The van der Waals surface area contributed by atoms with Gasteiger partial charge in [-0.3, -0.25) is 4.79 Å². The third-order valence-electron chi connectivity index (χ3n) is 5.91. The first-order valence-corrected chi connectivity index (χ1v) is 11.3. The number of ether oxygens (including phenoxy) is 1. The van der Waals surface area contributed by atoms with Crippen molar-refractivity contribution in [3.8, 4) is 5.75 Å². The summed E-state index contributed by atoms with van der Waals surface area (Å²) in [4.78, 5) is 23.1. The van der Waals surface area contributed by atoms with Crippen LogP contribution in [0.5, 0.6) is 5.75 Å². The van der Waals surface area contributed by atoms with Gasteiger partial charge in [0.25, 0.3) is 5.91 Å². The number of amides is 1. The number of likely N-dealkylation sites (tertiary alicyclic amines) is 1. The van der Waals surface area contributed by atoms with Gasteiger partial charge in [-0.15, -0.1) is 0 Å². The average molecular weight is 431 g/mol. The Labute approximate surface area is 189 Å². The highest BCUT2D eigenvalue weighted by Gasteiger charge is 2.20. The Hall–Kier alpha value is -3.25. The van der Waals surface area contributed by atoms with Crippen molar-refractivity contribution < 1.29 is 9.53 Å². The lowest BCUT2D eigenvalue weighted by molar-refractivity contribution is 0.0938. The fourth-order valence-corrected chi connectivity index (χ4v) is 3.97. The third-order valence-corrected chi connectivity index (χ3v) is 5.91. The predicted molar refractivity (Wildman–Crippen MR) is 125 cm³/mol. The van der Waals surface area contributed by atoms with Crippen LogP contribution in [-0.2, 0) is 6.42 Å². The molecule has 2 aromatic carbocycles. The molecule has 0 bridgehead atoms.